The molecule has 1 aliphatic heterocycles. The fourth-order valence-electron chi connectivity index (χ4n) is 2.83. The number of hydrogen-bond donors (Lipinski definition) is 1. The lowest BCUT2D eigenvalue weighted by Gasteiger charge is -2.30. The zero-order valence-electron chi connectivity index (χ0n) is 12.3. The molecule has 4 nitrogen and oxygen atoms in total. The Morgan fingerprint density at radius 3 is 2.28 bits per heavy atom. The lowest BCUT2D eigenvalue weighted by molar-refractivity contribution is -0.132. The molecule has 0 aliphatic carbocycles. The van der Waals surface area contributed by atoms with Crippen molar-refractivity contribution in [3.63, 3.8) is 0 Å². The highest BCUT2D eigenvalue weighted by Crippen LogP contribution is 2.39. The SMILES string of the molecule is CCCN(CCO)CC1C(=O)C(C)(C)OC1(C)C. The molecule has 1 rings (SSSR count). The molecule has 1 fully saturated rings. The average Bonchev–Trinajstić information content (AvgIpc) is 2.37. The van der Waals surface area contributed by atoms with Crippen molar-refractivity contribution in [3.8, 4) is 0 Å². The molecule has 0 spiro atoms. The number of nitrogens with zero attached hydrogens (tertiary/aromatic N) is 1. The van der Waals surface area contributed by atoms with Crippen LogP contribution in [0.5, 0.6) is 0 Å². The molecule has 18 heavy (non-hydrogen) atoms. The molecule has 106 valence electrons. The fraction of sp³-hybridized carbons (Fsp3) is 0.929. The van der Waals surface area contributed by atoms with Crippen molar-refractivity contribution in [1.82, 2.24) is 4.90 Å². The zero-order valence-corrected chi connectivity index (χ0v) is 12.3. The van der Waals surface area contributed by atoms with Gasteiger partial charge < -0.3 is 14.7 Å². The minimum absolute atomic E-state index is 0.120. The van der Waals surface area contributed by atoms with Crippen molar-refractivity contribution >= 4 is 5.78 Å². The van der Waals surface area contributed by atoms with E-state index in [1.165, 1.54) is 0 Å². The van der Waals surface area contributed by atoms with E-state index >= 15 is 0 Å². The van der Waals surface area contributed by atoms with E-state index in [2.05, 4.69) is 11.8 Å². The van der Waals surface area contributed by atoms with Gasteiger partial charge in [0.1, 0.15) is 5.60 Å². The van der Waals surface area contributed by atoms with Crippen LogP contribution in [0.4, 0.5) is 0 Å². The summed E-state index contributed by atoms with van der Waals surface area (Å²) < 4.78 is 5.88. The third-order valence-electron chi connectivity index (χ3n) is 3.66. The average molecular weight is 257 g/mol. The number of Topliss-reactive ketones (excluding diaryl/α,β-unsaturated/α-hetero) is 1. The van der Waals surface area contributed by atoms with E-state index in [0.717, 1.165) is 13.0 Å². The highest BCUT2D eigenvalue weighted by Gasteiger charge is 2.53. The first-order valence-electron chi connectivity index (χ1n) is 6.82. The summed E-state index contributed by atoms with van der Waals surface area (Å²) in [6.07, 6.45) is 1.02. The molecule has 1 atom stereocenters. The van der Waals surface area contributed by atoms with Crippen molar-refractivity contribution in [2.45, 2.75) is 52.2 Å². The Morgan fingerprint density at radius 2 is 1.89 bits per heavy atom. The largest absolute Gasteiger partial charge is 0.395 e. The lowest BCUT2D eigenvalue weighted by atomic mass is 9.85. The van der Waals surface area contributed by atoms with Crippen LogP contribution in [0.1, 0.15) is 41.0 Å². The fourth-order valence-corrected chi connectivity index (χ4v) is 2.83. The topological polar surface area (TPSA) is 49.8 Å². The maximum absolute atomic E-state index is 12.4. The molecule has 0 aromatic rings. The summed E-state index contributed by atoms with van der Waals surface area (Å²) in [5.41, 5.74) is -1.12. The molecular weight excluding hydrogens is 230 g/mol. The maximum atomic E-state index is 12.4. The number of hydrogen-bond acceptors (Lipinski definition) is 4. The molecule has 0 radical (unpaired) electrons. The van der Waals surface area contributed by atoms with Crippen molar-refractivity contribution in [1.29, 1.82) is 0 Å². The number of aliphatic hydroxyl groups excluding tert-OH is 1. The molecule has 0 saturated carbocycles. The second-order valence-electron chi connectivity index (χ2n) is 6.16. The van der Waals surface area contributed by atoms with Crippen LogP contribution in [-0.2, 0) is 9.53 Å². The number of ether oxygens (including phenoxy) is 1. The van der Waals surface area contributed by atoms with Gasteiger partial charge in [-0.2, -0.15) is 0 Å². The quantitative estimate of drug-likeness (QED) is 0.783. The van der Waals surface area contributed by atoms with Gasteiger partial charge >= 0.3 is 0 Å². The van der Waals surface area contributed by atoms with Gasteiger partial charge in [0.05, 0.1) is 18.1 Å². The molecule has 0 aromatic carbocycles. The predicted octanol–water partition coefficient (Wildman–Crippen LogP) is 1.46. The van der Waals surface area contributed by atoms with Crippen LogP contribution in [0.3, 0.4) is 0 Å². The lowest BCUT2D eigenvalue weighted by Crippen LogP contribution is -2.42. The third kappa shape index (κ3) is 3.31. The standard InChI is InChI=1S/C14H27NO3/c1-6-7-15(8-9-16)10-11-12(17)14(4,5)18-13(11,2)3/h11,16H,6-10H2,1-5H3. The normalized spacial score (nSPS) is 25.9. The summed E-state index contributed by atoms with van der Waals surface area (Å²) in [5, 5.41) is 9.08. The van der Waals surface area contributed by atoms with E-state index in [-0.39, 0.29) is 18.3 Å². The van der Waals surface area contributed by atoms with Crippen molar-refractivity contribution in [2.75, 3.05) is 26.2 Å². The Balaban J connectivity index is 2.77. The molecule has 0 bridgehead atoms. The number of ketones is 1. The monoisotopic (exact) mass is 257 g/mol. The van der Waals surface area contributed by atoms with Gasteiger partial charge in [-0.3, -0.25) is 4.79 Å². The smallest absolute Gasteiger partial charge is 0.171 e. The predicted molar refractivity (Wildman–Crippen MR) is 71.6 cm³/mol. The van der Waals surface area contributed by atoms with Gasteiger partial charge in [0.2, 0.25) is 0 Å². The molecule has 0 aromatic heterocycles. The number of carbonyl (C=O) groups is 1. The van der Waals surface area contributed by atoms with E-state index in [0.29, 0.717) is 13.1 Å². The molecule has 1 N–H and O–H groups in total. The Bertz CT molecular complexity index is 293. The first-order chi connectivity index (χ1) is 8.24. The van der Waals surface area contributed by atoms with E-state index in [9.17, 15) is 4.79 Å². The first-order valence-corrected chi connectivity index (χ1v) is 6.82. The van der Waals surface area contributed by atoms with Gasteiger partial charge in [-0.25, -0.2) is 0 Å². The van der Waals surface area contributed by atoms with Crippen LogP contribution in [0.2, 0.25) is 0 Å². The molecule has 1 aliphatic rings. The van der Waals surface area contributed by atoms with Crippen molar-refractivity contribution in [3.05, 3.63) is 0 Å². The van der Waals surface area contributed by atoms with Crippen molar-refractivity contribution < 1.29 is 14.6 Å². The summed E-state index contributed by atoms with van der Waals surface area (Å²) in [6, 6.07) is 0. The van der Waals surface area contributed by atoms with Crippen LogP contribution in [0.25, 0.3) is 0 Å². The number of rotatable bonds is 6. The van der Waals surface area contributed by atoms with Crippen molar-refractivity contribution in [2.24, 2.45) is 5.92 Å². The van der Waals surface area contributed by atoms with Gasteiger partial charge in [0, 0.05) is 13.1 Å². The minimum atomic E-state index is -0.689. The number of carbonyl (C=O) groups excluding carboxylic acids is 1. The first kappa shape index (κ1) is 15.6. The molecular formula is C14H27NO3. The minimum Gasteiger partial charge on any atom is -0.395 e. The Kier molecular flexibility index (Phi) is 4.92. The van der Waals surface area contributed by atoms with Crippen LogP contribution in [0, 0.1) is 5.92 Å². The van der Waals surface area contributed by atoms with E-state index in [4.69, 9.17) is 9.84 Å². The Morgan fingerprint density at radius 1 is 1.28 bits per heavy atom. The maximum Gasteiger partial charge on any atom is 0.171 e. The highest BCUT2D eigenvalue weighted by molar-refractivity contribution is 5.91. The molecule has 0 amide bonds. The van der Waals surface area contributed by atoms with E-state index in [1.54, 1.807) is 0 Å². The Labute approximate surface area is 110 Å². The van der Waals surface area contributed by atoms with Gasteiger partial charge in [-0.05, 0) is 40.7 Å². The van der Waals surface area contributed by atoms with Crippen LogP contribution in [-0.4, -0.2) is 53.2 Å². The van der Waals surface area contributed by atoms with Gasteiger partial charge in [0.25, 0.3) is 0 Å². The summed E-state index contributed by atoms with van der Waals surface area (Å²) in [7, 11) is 0. The summed E-state index contributed by atoms with van der Waals surface area (Å²) in [5.74, 6) is 0.0529. The summed E-state index contributed by atoms with van der Waals surface area (Å²) in [6.45, 7) is 12.1. The van der Waals surface area contributed by atoms with Gasteiger partial charge in [-0.15, -0.1) is 0 Å². The Hall–Kier alpha value is -0.450. The molecule has 1 heterocycles. The molecule has 4 heteroatoms. The van der Waals surface area contributed by atoms with Crippen LogP contribution < -0.4 is 0 Å². The van der Waals surface area contributed by atoms with Gasteiger partial charge in [-0.1, -0.05) is 6.92 Å². The zero-order chi connectivity index (χ0) is 14.0. The summed E-state index contributed by atoms with van der Waals surface area (Å²) in [4.78, 5) is 14.5. The number of aliphatic hydroxyl groups is 1. The van der Waals surface area contributed by atoms with Crippen LogP contribution >= 0.6 is 0 Å². The van der Waals surface area contributed by atoms with E-state index < -0.39 is 11.2 Å². The second kappa shape index (κ2) is 5.68. The highest BCUT2D eigenvalue weighted by atomic mass is 16.5. The van der Waals surface area contributed by atoms with Crippen LogP contribution in [0.15, 0.2) is 0 Å². The molecule has 1 saturated heterocycles. The second-order valence-corrected chi connectivity index (χ2v) is 6.16. The van der Waals surface area contributed by atoms with Gasteiger partial charge in [0.15, 0.2) is 5.78 Å². The van der Waals surface area contributed by atoms with E-state index in [1.807, 2.05) is 27.7 Å². The third-order valence-corrected chi connectivity index (χ3v) is 3.66. The summed E-state index contributed by atoms with van der Waals surface area (Å²) >= 11 is 0. The molecule has 1 unspecified atom stereocenters.